The van der Waals surface area contributed by atoms with Crippen LogP contribution < -0.4 is 0 Å². The molecule has 2 rings (SSSR count). The smallest absolute Gasteiger partial charge is 0.114 e. The third kappa shape index (κ3) is 2.62. The van der Waals surface area contributed by atoms with E-state index in [0.29, 0.717) is 12.5 Å². The Kier molecular flexibility index (Phi) is 4.03. The molecule has 2 aliphatic rings. The molecule has 2 atom stereocenters. The third-order valence-electron chi connectivity index (χ3n) is 3.95. The van der Waals surface area contributed by atoms with Crippen molar-refractivity contribution in [1.82, 2.24) is 4.90 Å². The van der Waals surface area contributed by atoms with Gasteiger partial charge in [0.1, 0.15) is 5.54 Å². The van der Waals surface area contributed by atoms with Crippen LogP contribution in [-0.4, -0.2) is 49.5 Å². The Morgan fingerprint density at radius 3 is 2.59 bits per heavy atom. The van der Waals surface area contributed by atoms with E-state index < -0.39 is 0 Å². The molecular weight excluding hydrogens is 216 g/mol. The van der Waals surface area contributed by atoms with Crippen molar-refractivity contribution in [2.75, 3.05) is 32.9 Å². The largest absolute Gasteiger partial charge is 0.379 e. The van der Waals surface area contributed by atoms with Gasteiger partial charge in [0.2, 0.25) is 0 Å². The predicted octanol–water partition coefficient (Wildman–Crippen LogP) is 1.42. The Morgan fingerprint density at radius 2 is 2.00 bits per heavy atom. The minimum Gasteiger partial charge on any atom is -0.379 e. The predicted molar refractivity (Wildman–Crippen MR) is 64.5 cm³/mol. The van der Waals surface area contributed by atoms with Crippen molar-refractivity contribution in [2.45, 2.75) is 38.3 Å². The summed E-state index contributed by atoms with van der Waals surface area (Å²) in [6, 6.07) is 2.56. The van der Waals surface area contributed by atoms with Gasteiger partial charge in [-0.1, -0.05) is 13.8 Å². The molecule has 17 heavy (non-hydrogen) atoms. The fourth-order valence-corrected chi connectivity index (χ4v) is 2.75. The van der Waals surface area contributed by atoms with Crippen molar-refractivity contribution in [1.29, 1.82) is 5.26 Å². The molecule has 0 amide bonds. The number of nitrogens with zero attached hydrogens (tertiary/aromatic N) is 2. The second-order valence-corrected chi connectivity index (χ2v) is 5.35. The lowest BCUT2D eigenvalue weighted by molar-refractivity contribution is -0.0910. The molecule has 2 saturated heterocycles. The Morgan fingerprint density at radius 1 is 1.29 bits per heavy atom. The quantitative estimate of drug-likeness (QED) is 0.730. The third-order valence-corrected chi connectivity index (χ3v) is 3.95. The summed E-state index contributed by atoms with van der Waals surface area (Å²) in [6.45, 7) is 8.27. The summed E-state index contributed by atoms with van der Waals surface area (Å²) in [5.41, 5.74) is -0.322. The average Bonchev–Trinajstić information content (AvgIpc) is 2.39. The summed E-state index contributed by atoms with van der Waals surface area (Å²) in [7, 11) is 0. The van der Waals surface area contributed by atoms with Crippen LogP contribution in [0.4, 0.5) is 0 Å². The van der Waals surface area contributed by atoms with Gasteiger partial charge in [-0.3, -0.25) is 4.90 Å². The molecule has 2 fully saturated rings. The van der Waals surface area contributed by atoms with Crippen LogP contribution >= 0.6 is 0 Å². The molecule has 0 N–H and O–H groups in total. The van der Waals surface area contributed by atoms with Crippen molar-refractivity contribution >= 4 is 0 Å². The lowest BCUT2D eigenvalue weighted by Gasteiger charge is -2.46. The van der Waals surface area contributed by atoms with Gasteiger partial charge in [0.05, 0.1) is 25.4 Å². The number of nitriles is 1. The van der Waals surface area contributed by atoms with Crippen molar-refractivity contribution in [3.63, 3.8) is 0 Å². The van der Waals surface area contributed by atoms with E-state index in [-0.39, 0.29) is 11.6 Å². The fraction of sp³-hybridized carbons (Fsp3) is 0.923. The van der Waals surface area contributed by atoms with Gasteiger partial charge in [-0.25, -0.2) is 0 Å². The number of hydrogen-bond acceptors (Lipinski definition) is 4. The summed E-state index contributed by atoms with van der Waals surface area (Å²) >= 11 is 0. The Bertz CT molecular complexity index is 294. The molecule has 0 bridgehead atoms. The molecule has 2 aliphatic heterocycles. The number of hydrogen-bond donors (Lipinski definition) is 0. The van der Waals surface area contributed by atoms with E-state index >= 15 is 0 Å². The summed E-state index contributed by atoms with van der Waals surface area (Å²) in [5, 5.41) is 9.61. The highest BCUT2D eigenvalue weighted by atomic mass is 16.5. The van der Waals surface area contributed by atoms with E-state index in [4.69, 9.17) is 9.47 Å². The molecule has 2 heterocycles. The molecule has 0 saturated carbocycles. The summed E-state index contributed by atoms with van der Waals surface area (Å²) < 4.78 is 11.2. The average molecular weight is 238 g/mol. The molecule has 2 unspecified atom stereocenters. The second-order valence-electron chi connectivity index (χ2n) is 5.35. The van der Waals surface area contributed by atoms with Crippen LogP contribution in [0, 0.1) is 17.2 Å². The van der Waals surface area contributed by atoms with Gasteiger partial charge in [-0.05, 0) is 5.92 Å². The van der Waals surface area contributed by atoms with Crippen LogP contribution in [0.5, 0.6) is 0 Å². The van der Waals surface area contributed by atoms with Crippen molar-refractivity contribution in [2.24, 2.45) is 5.92 Å². The first-order valence-corrected chi connectivity index (χ1v) is 6.53. The van der Waals surface area contributed by atoms with E-state index in [1.54, 1.807) is 0 Å². The first kappa shape index (κ1) is 12.8. The van der Waals surface area contributed by atoms with Crippen LogP contribution in [0.25, 0.3) is 0 Å². The molecule has 4 nitrogen and oxygen atoms in total. The molecular formula is C13H22N2O2. The van der Waals surface area contributed by atoms with E-state index in [9.17, 15) is 5.26 Å². The second kappa shape index (κ2) is 5.34. The number of morpholine rings is 1. The van der Waals surface area contributed by atoms with Crippen LogP contribution in [0.1, 0.15) is 26.7 Å². The fourth-order valence-electron chi connectivity index (χ4n) is 2.75. The van der Waals surface area contributed by atoms with Crippen molar-refractivity contribution in [3.05, 3.63) is 0 Å². The van der Waals surface area contributed by atoms with Crippen LogP contribution in [0.3, 0.4) is 0 Å². The maximum Gasteiger partial charge on any atom is 0.114 e. The molecule has 0 radical (unpaired) electrons. The zero-order valence-corrected chi connectivity index (χ0v) is 10.8. The van der Waals surface area contributed by atoms with E-state index in [2.05, 4.69) is 24.8 Å². The van der Waals surface area contributed by atoms with Crippen molar-refractivity contribution in [3.8, 4) is 6.07 Å². The maximum absolute atomic E-state index is 9.61. The SMILES string of the molecule is CC(C)C1CC(C#N)(N2CCOCC2)CCO1. The van der Waals surface area contributed by atoms with E-state index in [0.717, 1.165) is 39.1 Å². The molecule has 4 heteroatoms. The minimum atomic E-state index is -0.322. The van der Waals surface area contributed by atoms with Gasteiger partial charge in [0.15, 0.2) is 0 Å². The van der Waals surface area contributed by atoms with E-state index in [1.165, 1.54) is 0 Å². The lowest BCUT2D eigenvalue weighted by Crippen LogP contribution is -2.57. The molecule has 96 valence electrons. The Hall–Kier alpha value is -0.630. The van der Waals surface area contributed by atoms with Crippen molar-refractivity contribution < 1.29 is 9.47 Å². The van der Waals surface area contributed by atoms with Gasteiger partial charge < -0.3 is 9.47 Å². The first-order valence-electron chi connectivity index (χ1n) is 6.53. The molecule has 0 aromatic heterocycles. The molecule has 0 aromatic carbocycles. The van der Waals surface area contributed by atoms with Gasteiger partial charge in [0, 0.05) is 32.5 Å². The highest BCUT2D eigenvalue weighted by Crippen LogP contribution is 2.33. The topological polar surface area (TPSA) is 45.5 Å². The summed E-state index contributed by atoms with van der Waals surface area (Å²) in [5.74, 6) is 0.476. The monoisotopic (exact) mass is 238 g/mol. The van der Waals surface area contributed by atoms with E-state index in [1.807, 2.05) is 0 Å². The highest BCUT2D eigenvalue weighted by Gasteiger charge is 2.43. The zero-order chi connectivity index (χ0) is 12.3. The van der Waals surface area contributed by atoms with Crippen LogP contribution in [-0.2, 0) is 9.47 Å². The first-order chi connectivity index (χ1) is 8.18. The van der Waals surface area contributed by atoms with Gasteiger partial charge in [-0.2, -0.15) is 5.26 Å². The number of ether oxygens (including phenoxy) is 2. The Balaban J connectivity index is 2.10. The molecule has 0 spiro atoms. The normalized spacial score (nSPS) is 35.8. The maximum atomic E-state index is 9.61. The standard InChI is InChI=1S/C13H22N2O2/c1-11(2)12-9-13(10-14,3-6-17-12)15-4-7-16-8-5-15/h11-12H,3-9H2,1-2H3. The van der Waals surface area contributed by atoms with Crippen LogP contribution in [0.15, 0.2) is 0 Å². The Labute approximate surface area is 103 Å². The van der Waals surface area contributed by atoms with Gasteiger partial charge >= 0.3 is 0 Å². The van der Waals surface area contributed by atoms with Gasteiger partial charge in [-0.15, -0.1) is 0 Å². The van der Waals surface area contributed by atoms with Gasteiger partial charge in [0.25, 0.3) is 0 Å². The molecule has 0 aliphatic carbocycles. The van der Waals surface area contributed by atoms with Crippen LogP contribution in [0.2, 0.25) is 0 Å². The zero-order valence-electron chi connectivity index (χ0n) is 10.8. The minimum absolute atomic E-state index is 0.214. The lowest BCUT2D eigenvalue weighted by atomic mass is 9.82. The highest BCUT2D eigenvalue weighted by molar-refractivity contribution is 5.11. The molecule has 0 aromatic rings. The summed E-state index contributed by atoms with van der Waals surface area (Å²) in [6.07, 6.45) is 1.87. The number of rotatable bonds is 2. The summed E-state index contributed by atoms with van der Waals surface area (Å²) in [4.78, 5) is 2.30.